The lowest BCUT2D eigenvalue weighted by molar-refractivity contribution is -0.0609. The molecule has 0 bridgehead atoms. The van der Waals surface area contributed by atoms with Crippen molar-refractivity contribution in [3.8, 4) is 11.1 Å². The molecule has 0 unspecified atom stereocenters. The van der Waals surface area contributed by atoms with E-state index >= 15 is 0 Å². The van der Waals surface area contributed by atoms with E-state index in [1.54, 1.807) is 19.3 Å². The van der Waals surface area contributed by atoms with Gasteiger partial charge in [0.05, 0.1) is 6.61 Å². The third-order valence-corrected chi connectivity index (χ3v) is 5.25. The Kier molecular flexibility index (Phi) is 4.94. The highest BCUT2D eigenvalue weighted by molar-refractivity contribution is 5.73. The number of rotatable bonds is 4. The molecule has 0 fully saturated rings. The average molecular weight is 382 g/mol. The van der Waals surface area contributed by atoms with Gasteiger partial charge in [0.25, 0.3) is 0 Å². The van der Waals surface area contributed by atoms with Crippen LogP contribution in [0.4, 0.5) is 9.18 Å². The number of aromatic nitrogens is 1. The van der Waals surface area contributed by atoms with Crippen molar-refractivity contribution < 1.29 is 18.8 Å². The van der Waals surface area contributed by atoms with Crippen LogP contribution in [0.2, 0.25) is 0 Å². The Morgan fingerprint density at radius 2 is 1.93 bits per heavy atom. The number of carbonyl (C=O) groups is 1. The molecule has 5 nitrogen and oxygen atoms in total. The summed E-state index contributed by atoms with van der Waals surface area (Å²) in [5, 5.41) is 1.34. The topological polar surface area (TPSA) is 43.7 Å². The first kappa shape index (κ1) is 18.3. The van der Waals surface area contributed by atoms with Crippen molar-refractivity contribution >= 4 is 6.16 Å². The number of carbonyl (C=O) groups excluding carboxylic acids is 1. The summed E-state index contributed by atoms with van der Waals surface area (Å²) < 4.78 is 20.6. The zero-order valence-electron chi connectivity index (χ0n) is 16.0. The van der Waals surface area contributed by atoms with E-state index in [2.05, 4.69) is 11.5 Å². The molecular weight excluding hydrogens is 359 g/mol. The van der Waals surface area contributed by atoms with Crippen LogP contribution in [-0.2, 0) is 22.5 Å². The average Bonchev–Trinajstić information content (AvgIpc) is 3.26. The molecule has 0 aliphatic carbocycles. The van der Waals surface area contributed by atoms with Gasteiger partial charge < -0.3 is 14.1 Å². The Balaban J connectivity index is 1.67. The summed E-state index contributed by atoms with van der Waals surface area (Å²) in [6, 6.07) is 6.68. The maximum Gasteiger partial charge on any atom is 0.533 e. The van der Waals surface area contributed by atoms with Gasteiger partial charge in [0.1, 0.15) is 5.82 Å². The fraction of sp³-hybridized carbons (Fsp3) is 0.318. The quantitative estimate of drug-likeness (QED) is 0.693. The number of hydrogen-bond acceptors (Lipinski definition) is 4. The van der Waals surface area contributed by atoms with Gasteiger partial charge in [0.15, 0.2) is 0 Å². The standard InChI is InChI=1S/C22H23FN2O3/c1-3-27-22(26)28-24-13-10-17(11-14-24)21-20(16-6-8-18(23)9-7-16)15(2)19-5-4-12-25(19)21/h6-11,13-14,17H,3-5,12H2,1-2H3. The van der Waals surface area contributed by atoms with Gasteiger partial charge in [-0.2, -0.15) is 5.06 Å². The number of hydroxylamine groups is 2. The monoisotopic (exact) mass is 382 g/mol. The molecule has 1 aromatic heterocycles. The summed E-state index contributed by atoms with van der Waals surface area (Å²) >= 11 is 0. The summed E-state index contributed by atoms with van der Waals surface area (Å²) in [6.07, 6.45) is 8.88. The molecule has 0 saturated carbocycles. The van der Waals surface area contributed by atoms with Gasteiger partial charge in [0, 0.05) is 41.8 Å². The summed E-state index contributed by atoms with van der Waals surface area (Å²) in [4.78, 5) is 16.6. The van der Waals surface area contributed by atoms with Crippen molar-refractivity contribution in [1.82, 2.24) is 9.63 Å². The van der Waals surface area contributed by atoms with E-state index in [1.165, 1.54) is 34.1 Å². The fourth-order valence-electron chi connectivity index (χ4n) is 4.07. The lowest BCUT2D eigenvalue weighted by Gasteiger charge is -2.22. The van der Waals surface area contributed by atoms with E-state index in [1.807, 2.05) is 24.3 Å². The Morgan fingerprint density at radius 1 is 1.21 bits per heavy atom. The third kappa shape index (κ3) is 3.30. The van der Waals surface area contributed by atoms with Gasteiger partial charge in [-0.1, -0.05) is 24.3 Å². The van der Waals surface area contributed by atoms with E-state index in [-0.39, 0.29) is 18.3 Å². The van der Waals surface area contributed by atoms with Crippen LogP contribution < -0.4 is 0 Å². The Labute approximate surface area is 163 Å². The maximum absolute atomic E-state index is 13.4. The van der Waals surface area contributed by atoms with Crippen LogP contribution in [0.15, 0.2) is 48.8 Å². The number of hydrogen-bond donors (Lipinski definition) is 0. The number of nitrogens with zero attached hydrogens (tertiary/aromatic N) is 2. The smallest absolute Gasteiger partial charge is 0.433 e. The van der Waals surface area contributed by atoms with E-state index in [0.29, 0.717) is 0 Å². The minimum absolute atomic E-state index is 0.0349. The largest absolute Gasteiger partial charge is 0.533 e. The van der Waals surface area contributed by atoms with E-state index in [4.69, 9.17) is 9.57 Å². The van der Waals surface area contributed by atoms with Crippen molar-refractivity contribution in [3.63, 3.8) is 0 Å². The normalized spacial score (nSPS) is 15.8. The third-order valence-electron chi connectivity index (χ3n) is 5.25. The molecule has 0 N–H and O–H groups in total. The van der Waals surface area contributed by atoms with Crippen molar-refractivity contribution in [2.45, 2.75) is 39.2 Å². The van der Waals surface area contributed by atoms with Crippen LogP contribution >= 0.6 is 0 Å². The van der Waals surface area contributed by atoms with Crippen molar-refractivity contribution in [2.75, 3.05) is 6.61 Å². The second-order valence-electron chi connectivity index (χ2n) is 6.94. The molecule has 4 rings (SSSR count). The first-order chi connectivity index (χ1) is 13.6. The molecule has 0 amide bonds. The first-order valence-electron chi connectivity index (χ1n) is 9.56. The number of fused-ring (bicyclic) bond motifs is 1. The predicted molar refractivity (Wildman–Crippen MR) is 104 cm³/mol. The van der Waals surface area contributed by atoms with Gasteiger partial charge in [-0.25, -0.2) is 9.18 Å². The zero-order valence-corrected chi connectivity index (χ0v) is 16.0. The Bertz CT molecular complexity index is 930. The van der Waals surface area contributed by atoms with Gasteiger partial charge in [-0.3, -0.25) is 0 Å². The van der Waals surface area contributed by atoms with Gasteiger partial charge in [0.2, 0.25) is 0 Å². The second-order valence-corrected chi connectivity index (χ2v) is 6.94. The highest BCUT2D eigenvalue weighted by atomic mass is 19.1. The lowest BCUT2D eigenvalue weighted by Crippen LogP contribution is -2.20. The van der Waals surface area contributed by atoms with Crippen LogP contribution in [0, 0.1) is 12.7 Å². The molecule has 2 aliphatic heterocycles. The molecule has 2 aromatic rings. The minimum atomic E-state index is -0.735. The molecule has 6 heteroatoms. The predicted octanol–water partition coefficient (Wildman–Crippen LogP) is 5.06. The first-order valence-corrected chi connectivity index (χ1v) is 9.56. The molecule has 0 radical (unpaired) electrons. The Morgan fingerprint density at radius 3 is 2.61 bits per heavy atom. The fourth-order valence-corrected chi connectivity index (χ4v) is 4.07. The van der Waals surface area contributed by atoms with Crippen molar-refractivity contribution in [2.24, 2.45) is 0 Å². The van der Waals surface area contributed by atoms with Gasteiger partial charge >= 0.3 is 6.16 Å². The van der Waals surface area contributed by atoms with Crippen LogP contribution in [-0.4, -0.2) is 22.4 Å². The molecule has 0 atom stereocenters. The second kappa shape index (κ2) is 7.54. The van der Waals surface area contributed by atoms with Crippen LogP contribution in [0.5, 0.6) is 0 Å². The molecule has 0 spiro atoms. The number of ether oxygens (including phenoxy) is 1. The van der Waals surface area contributed by atoms with Gasteiger partial charge in [-0.05, 0) is 49.9 Å². The molecule has 146 valence electrons. The van der Waals surface area contributed by atoms with E-state index < -0.39 is 6.16 Å². The van der Waals surface area contributed by atoms with Crippen LogP contribution in [0.1, 0.15) is 36.2 Å². The summed E-state index contributed by atoms with van der Waals surface area (Å²) in [5.41, 5.74) is 5.98. The summed E-state index contributed by atoms with van der Waals surface area (Å²) in [7, 11) is 0. The van der Waals surface area contributed by atoms with E-state index in [0.717, 1.165) is 30.5 Å². The number of halogens is 1. The molecule has 28 heavy (non-hydrogen) atoms. The van der Waals surface area contributed by atoms with Gasteiger partial charge in [-0.15, -0.1) is 0 Å². The SMILES string of the molecule is CCOC(=O)ON1C=CC(c2c(-c3ccc(F)cc3)c(C)c3n2CCC3)C=C1. The lowest BCUT2D eigenvalue weighted by atomic mass is 9.93. The van der Waals surface area contributed by atoms with Crippen molar-refractivity contribution in [1.29, 1.82) is 0 Å². The van der Waals surface area contributed by atoms with E-state index in [9.17, 15) is 9.18 Å². The summed E-state index contributed by atoms with van der Waals surface area (Å²) in [5.74, 6) is -0.202. The molecule has 1 aromatic carbocycles. The summed E-state index contributed by atoms with van der Waals surface area (Å²) in [6.45, 7) is 5.12. The molecule has 2 aliphatic rings. The highest BCUT2D eigenvalue weighted by Gasteiger charge is 2.28. The zero-order chi connectivity index (χ0) is 19.7. The Hall–Kier alpha value is -3.02. The van der Waals surface area contributed by atoms with Crippen LogP contribution in [0.3, 0.4) is 0 Å². The highest BCUT2D eigenvalue weighted by Crippen LogP contribution is 2.41. The number of benzene rings is 1. The van der Waals surface area contributed by atoms with Crippen LogP contribution in [0.25, 0.3) is 11.1 Å². The number of allylic oxidation sites excluding steroid dienone is 2. The molecule has 3 heterocycles. The van der Waals surface area contributed by atoms with Crippen molar-refractivity contribution in [3.05, 3.63) is 71.6 Å². The minimum Gasteiger partial charge on any atom is -0.433 e. The maximum atomic E-state index is 13.4. The molecule has 0 saturated heterocycles. The molecular formula is C22H23FN2O3.